The zero-order valence-corrected chi connectivity index (χ0v) is 16.4. The van der Waals surface area contributed by atoms with Crippen molar-refractivity contribution < 1.29 is 23.9 Å². The summed E-state index contributed by atoms with van der Waals surface area (Å²) in [5.74, 6) is -2.01. The van der Waals surface area contributed by atoms with Gasteiger partial charge in [-0.05, 0) is 55.5 Å². The van der Waals surface area contributed by atoms with Gasteiger partial charge >= 0.3 is 5.97 Å². The molecule has 0 saturated carbocycles. The molecule has 0 aromatic heterocycles. The Kier molecular flexibility index (Phi) is 6.29. The molecule has 1 fully saturated rings. The van der Waals surface area contributed by atoms with Gasteiger partial charge in [0.25, 0.3) is 5.91 Å². The van der Waals surface area contributed by atoms with Gasteiger partial charge in [-0.3, -0.25) is 19.2 Å². The van der Waals surface area contributed by atoms with Crippen LogP contribution in [0.25, 0.3) is 0 Å². The second-order valence-electron chi connectivity index (χ2n) is 6.67. The van der Waals surface area contributed by atoms with Crippen molar-refractivity contribution in [3.63, 3.8) is 0 Å². The van der Waals surface area contributed by atoms with Gasteiger partial charge in [0.05, 0.1) is 5.92 Å². The van der Waals surface area contributed by atoms with Gasteiger partial charge in [-0.1, -0.05) is 11.6 Å². The molecular formula is C21H19ClN2O5. The van der Waals surface area contributed by atoms with Crippen LogP contribution in [0.3, 0.4) is 0 Å². The first-order chi connectivity index (χ1) is 13.8. The van der Waals surface area contributed by atoms with Gasteiger partial charge in [-0.2, -0.15) is 0 Å². The van der Waals surface area contributed by atoms with Gasteiger partial charge in [0, 0.05) is 34.9 Å². The normalized spacial score (nSPS) is 15.9. The Morgan fingerprint density at radius 1 is 1.10 bits per heavy atom. The summed E-state index contributed by atoms with van der Waals surface area (Å²) in [6.45, 7) is 1.18. The zero-order chi connectivity index (χ0) is 21.0. The van der Waals surface area contributed by atoms with Crippen molar-refractivity contribution in [2.75, 3.05) is 23.4 Å². The highest BCUT2D eigenvalue weighted by Crippen LogP contribution is 2.27. The lowest BCUT2D eigenvalue weighted by atomic mass is 10.1. The van der Waals surface area contributed by atoms with Crippen LogP contribution in [0.1, 0.15) is 23.7 Å². The summed E-state index contributed by atoms with van der Waals surface area (Å²) in [6, 6.07) is 13.1. The predicted octanol–water partition coefficient (Wildman–Crippen LogP) is 3.08. The number of Topliss-reactive ketones (excluding diaryl/α,β-unsaturated/α-hetero) is 1. The fourth-order valence-electron chi connectivity index (χ4n) is 2.98. The molecule has 29 heavy (non-hydrogen) atoms. The number of hydrogen-bond donors (Lipinski definition) is 1. The second-order valence-corrected chi connectivity index (χ2v) is 7.11. The average Bonchev–Trinajstić information content (AvgIpc) is 3.09. The number of benzene rings is 2. The highest BCUT2D eigenvalue weighted by Gasteiger charge is 2.36. The summed E-state index contributed by atoms with van der Waals surface area (Å²) < 4.78 is 5.07. The number of carbonyl (C=O) groups is 4. The van der Waals surface area contributed by atoms with Gasteiger partial charge in [0.1, 0.15) is 0 Å². The van der Waals surface area contributed by atoms with Crippen molar-refractivity contribution in [3.8, 4) is 0 Å². The van der Waals surface area contributed by atoms with E-state index in [9.17, 15) is 19.2 Å². The minimum Gasteiger partial charge on any atom is -0.455 e. The van der Waals surface area contributed by atoms with Gasteiger partial charge in [-0.15, -0.1) is 0 Å². The maximum Gasteiger partial charge on any atom is 0.311 e. The Hall–Kier alpha value is -3.19. The summed E-state index contributed by atoms with van der Waals surface area (Å²) in [6.07, 6.45) is 0.0234. The number of halogens is 1. The van der Waals surface area contributed by atoms with Crippen LogP contribution < -0.4 is 10.2 Å². The molecule has 1 aliphatic heterocycles. The number of nitrogens with one attached hydrogen (secondary N) is 1. The molecule has 3 rings (SSSR count). The molecule has 2 amide bonds. The molecule has 0 unspecified atom stereocenters. The SMILES string of the molecule is CC(=O)c1ccc(NC(=O)COC(=O)[C@H]2CC(=O)N(c3ccc(Cl)cc3)C2)cc1. The number of amides is 2. The lowest BCUT2D eigenvalue weighted by molar-refractivity contribution is -0.151. The average molecular weight is 415 g/mol. The van der Waals surface area contributed by atoms with Gasteiger partial charge < -0.3 is 15.0 Å². The number of hydrogen-bond acceptors (Lipinski definition) is 5. The maximum absolute atomic E-state index is 12.3. The monoisotopic (exact) mass is 414 g/mol. The number of nitrogens with zero attached hydrogens (tertiary/aromatic N) is 1. The van der Waals surface area contributed by atoms with Crippen molar-refractivity contribution >= 4 is 46.5 Å². The first-order valence-corrected chi connectivity index (χ1v) is 9.34. The number of ketones is 1. The van der Waals surface area contributed by atoms with E-state index < -0.39 is 24.4 Å². The molecular weight excluding hydrogens is 396 g/mol. The summed E-state index contributed by atoms with van der Waals surface area (Å²) in [5, 5.41) is 3.14. The Balaban J connectivity index is 1.50. The quantitative estimate of drug-likeness (QED) is 0.579. The van der Waals surface area contributed by atoms with E-state index in [-0.39, 0.29) is 24.7 Å². The third kappa shape index (κ3) is 5.20. The molecule has 0 spiro atoms. The van der Waals surface area contributed by atoms with Gasteiger partial charge in [0.15, 0.2) is 12.4 Å². The molecule has 0 radical (unpaired) electrons. The minimum absolute atomic E-state index is 0.0234. The van der Waals surface area contributed by atoms with Crippen molar-refractivity contribution in [2.45, 2.75) is 13.3 Å². The van der Waals surface area contributed by atoms with E-state index in [1.165, 1.54) is 11.8 Å². The van der Waals surface area contributed by atoms with Crippen LogP contribution in [-0.2, 0) is 19.1 Å². The minimum atomic E-state index is -0.638. The number of carbonyl (C=O) groups excluding carboxylic acids is 4. The van der Waals surface area contributed by atoms with Gasteiger partial charge in [0.2, 0.25) is 5.91 Å². The van der Waals surface area contributed by atoms with E-state index in [0.29, 0.717) is 22.0 Å². The van der Waals surface area contributed by atoms with Crippen LogP contribution in [0.5, 0.6) is 0 Å². The van der Waals surface area contributed by atoms with Crippen LogP contribution in [0.4, 0.5) is 11.4 Å². The Bertz CT molecular complexity index is 941. The fourth-order valence-corrected chi connectivity index (χ4v) is 3.10. The highest BCUT2D eigenvalue weighted by molar-refractivity contribution is 6.30. The van der Waals surface area contributed by atoms with Crippen molar-refractivity contribution in [3.05, 3.63) is 59.1 Å². The summed E-state index contributed by atoms with van der Waals surface area (Å²) in [7, 11) is 0. The zero-order valence-electron chi connectivity index (χ0n) is 15.7. The number of anilines is 2. The van der Waals surface area contributed by atoms with E-state index in [4.69, 9.17) is 16.3 Å². The third-order valence-electron chi connectivity index (χ3n) is 4.52. The standard InChI is InChI=1S/C21H19ClN2O5/c1-13(25)14-2-6-17(7-3-14)23-19(26)12-29-21(28)15-10-20(27)24(11-15)18-8-4-16(22)5-9-18/h2-9,15H,10-12H2,1H3,(H,23,26)/t15-/m0/s1. The Labute approximate surface area is 172 Å². The van der Waals surface area contributed by atoms with Gasteiger partial charge in [-0.25, -0.2) is 0 Å². The molecule has 150 valence electrons. The van der Waals surface area contributed by atoms with E-state index in [2.05, 4.69) is 5.32 Å². The fraction of sp³-hybridized carbons (Fsp3) is 0.238. The maximum atomic E-state index is 12.3. The van der Waals surface area contributed by atoms with Crippen LogP contribution in [0.15, 0.2) is 48.5 Å². The van der Waals surface area contributed by atoms with Crippen molar-refractivity contribution in [1.29, 1.82) is 0 Å². The first kappa shape index (κ1) is 20.5. The molecule has 0 bridgehead atoms. The molecule has 7 nitrogen and oxygen atoms in total. The molecule has 8 heteroatoms. The van der Waals surface area contributed by atoms with Crippen LogP contribution in [0, 0.1) is 5.92 Å². The van der Waals surface area contributed by atoms with E-state index >= 15 is 0 Å². The van der Waals surface area contributed by atoms with Crippen LogP contribution in [-0.4, -0.2) is 36.7 Å². The summed E-state index contributed by atoms with van der Waals surface area (Å²) in [4.78, 5) is 49.2. The molecule has 2 aromatic rings. The molecule has 1 atom stereocenters. The lowest BCUT2D eigenvalue weighted by Crippen LogP contribution is -2.28. The number of rotatable bonds is 6. The Morgan fingerprint density at radius 3 is 2.38 bits per heavy atom. The van der Waals surface area contributed by atoms with Crippen LogP contribution in [0.2, 0.25) is 5.02 Å². The molecule has 2 aromatic carbocycles. The molecule has 1 saturated heterocycles. The number of esters is 1. The van der Waals surface area contributed by atoms with Crippen LogP contribution >= 0.6 is 11.6 Å². The molecule has 1 aliphatic rings. The number of ether oxygens (including phenoxy) is 1. The first-order valence-electron chi connectivity index (χ1n) is 8.97. The lowest BCUT2D eigenvalue weighted by Gasteiger charge is -2.16. The predicted molar refractivity (Wildman–Crippen MR) is 108 cm³/mol. The topological polar surface area (TPSA) is 92.8 Å². The van der Waals surface area contributed by atoms with Crippen molar-refractivity contribution in [1.82, 2.24) is 0 Å². The summed E-state index contributed by atoms with van der Waals surface area (Å²) >= 11 is 5.85. The second kappa shape index (κ2) is 8.87. The van der Waals surface area contributed by atoms with E-state index in [0.717, 1.165) is 0 Å². The van der Waals surface area contributed by atoms with E-state index in [1.54, 1.807) is 48.5 Å². The largest absolute Gasteiger partial charge is 0.455 e. The van der Waals surface area contributed by atoms with E-state index in [1.807, 2.05) is 0 Å². The highest BCUT2D eigenvalue weighted by atomic mass is 35.5. The smallest absolute Gasteiger partial charge is 0.311 e. The summed E-state index contributed by atoms with van der Waals surface area (Å²) in [5.41, 5.74) is 1.67. The van der Waals surface area contributed by atoms with Crippen molar-refractivity contribution in [2.24, 2.45) is 5.92 Å². The molecule has 1 heterocycles. The molecule has 1 N–H and O–H groups in total. The third-order valence-corrected chi connectivity index (χ3v) is 4.77. The Morgan fingerprint density at radius 2 is 1.76 bits per heavy atom. The molecule has 0 aliphatic carbocycles.